The normalized spacial score (nSPS) is 12.0. The number of methoxy groups -OCH3 is 1. The van der Waals surface area contributed by atoms with Gasteiger partial charge in [0.15, 0.2) is 0 Å². The molecule has 0 radical (unpaired) electrons. The van der Waals surface area contributed by atoms with Gasteiger partial charge in [-0.2, -0.15) is 15.2 Å². The topological polar surface area (TPSA) is 97.0 Å². The Hall–Kier alpha value is -4.53. The molecule has 3 heterocycles. The lowest BCUT2D eigenvalue weighted by atomic mass is 10.0. The van der Waals surface area contributed by atoms with E-state index in [0.29, 0.717) is 22.5 Å². The summed E-state index contributed by atoms with van der Waals surface area (Å²) in [6.45, 7) is 4.10. The number of benzene rings is 2. The van der Waals surface area contributed by atoms with Gasteiger partial charge in [-0.3, -0.25) is 4.68 Å². The highest BCUT2D eigenvalue weighted by Crippen LogP contribution is 2.29. The summed E-state index contributed by atoms with van der Waals surface area (Å²) in [6.07, 6.45) is 4.62. The first-order valence-corrected chi connectivity index (χ1v) is 11.3. The van der Waals surface area contributed by atoms with Crippen molar-refractivity contribution in [3.05, 3.63) is 84.3 Å². The maximum Gasteiger partial charge on any atom is 0.341 e. The van der Waals surface area contributed by atoms with Gasteiger partial charge in [-0.1, -0.05) is 54.6 Å². The van der Waals surface area contributed by atoms with Crippen LogP contribution in [-0.4, -0.2) is 49.2 Å². The van der Waals surface area contributed by atoms with Crippen molar-refractivity contribution >= 4 is 17.0 Å². The van der Waals surface area contributed by atoms with Gasteiger partial charge >= 0.3 is 5.97 Å². The van der Waals surface area contributed by atoms with Crippen molar-refractivity contribution in [1.82, 2.24) is 29.5 Å². The first-order valence-electron chi connectivity index (χ1n) is 11.3. The van der Waals surface area contributed by atoms with Crippen LogP contribution in [0.15, 0.2) is 73.2 Å². The Balaban J connectivity index is 1.47. The lowest BCUT2D eigenvalue weighted by molar-refractivity contribution is 0.0526. The molecule has 9 heteroatoms. The minimum absolute atomic E-state index is 0.0826. The van der Waals surface area contributed by atoms with Crippen molar-refractivity contribution in [3.63, 3.8) is 0 Å². The average Bonchev–Trinajstić information content (AvgIpc) is 3.56. The lowest BCUT2D eigenvalue weighted by Gasteiger charge is -2.16. The van der Waals surface area contributed by atoms with Crippen LogP contribution in [0.4, 0.5) is 0 Å². The van der Waals surface area contributed by atoms with E-state index < -0.39 is 5.97 Å². The molecule has 5 aromatic rings. The van der Waals surface area contributed by atoms with Gasteiger partial charge in [-0.15, -0.1) is 0 Å². The number of rotatable bonds is 7. The maximum atomic E-state index is 12.0. The lowest BCUT2D eigenvalue weighted by Crippen LogP contribution is -2.11. The van der Waals surface area contributed by atoms with Crippen LogP contribution < -0.4 is 4.74 Å². The molecule has 1 atom stereocenters. The number of ether oxygens (including phenoxy) is 2. The fourth-order valence-electron chi connectivity index (χ4n) is 3.94. The van der Waals surface area contributed by atoms with Crippen molar-refractivity contribution in [2.75, 3.05) is 13.7 Å². The molecular formula is C26H24N6O3. The number of esters is 1. The molecule has 0 spiro atoms. The second-order valence-corrected chi connectivity index (χ2v) is 7.91. The van der Waals surface area contributed by atoms with E-state index in [4.69, 9.17) is 9.47 Å². The quantitative estimate of drug-likeness (QED) is 0.325. The summed E-state index contributed by atoms with van der Waals surface area (Å²) in [5.74, 6) is 0.180. The van der Waals surface area contributed by atoms with Crippen molar-refractivity contribution in [2.45, 2.75) is 19.9 Å². The van der Waals surface area contributed by atoms with Crippen LogP contribution in [-0.2, 0) is 4.74 Å². The van der Waals surface area contributed by atoms with Gasteiger partial charge in [0, 0.05) is 6.20 Å². The minimum atomic E-state index is -0.452. The van der Waals surface area contributed by atoms with Gasteiger partial charge in [0.25, 0.3) is 5.95 Å². The Bertz CT molecular complexity index is 1470. The molecule has 0 unspecified atom stereocenters. The SMILES string of the molecule is CCOC(=O)c1cnn(-c2nc(OC)c3c(cnn3[C@H](C)c3ccc(-c4ccccc4)cc3)n2)c1. The van der Waals surface area contributed by atoms with Crippen molar-refractivity contribution in [3.8, 4) is 23.0 Å². The fraction of sp³-hybridized carbons (Fsp3) is 0.192. The van der Waals surface area contributed by atoms with Crippen LogP contribution in [0.1, 0.15) is 35.8 Å². The van der Waals surface area contributed by atoms with E-state index in [2.05, 4.69) is 63.5 Å². The Labute approximate surface area is 202 Å². The maximum absolute atomic E-state index is 12.0. The highest BCUT2D eigenvalue weighted by molar-refractivity contribution is 5.88. The summed E-state index contributed by atoms with van der Waals surface area (Å²) in [4.78, 5) is 21.1. The number of fused-ring (bicyclic) bond motifs is 1. The number of hydrogen-bond donors (Lipinski definition) is 0. The summed E-state index contributed by atoms with van der Waals surface area (Å²) in [6, 6.07) is 18.6. The molecule has 2 aromatic carbocycles. The zero-order valence-corrected chi connectivity index (χ0v) is 19.6. The molecule has 0 fully saturated rings. The first kappa shape index (κ1) is 22.3. The smallest absolute Gasteiger partial charge is 0.341 e. The van der Waals surface area contributed by atoms with E-state index in [9.17, 15) is 4.79 Å². The molecule has 0 aliphatic rings. The predicted molar refractivity (Wildman–Crippen MR) is 131 cm³/mol. The molecule has 0 saturated carbocycles. The van der Waals surface area contributed by atoms with E-state index in [1.165, 1.54) is 22.6 Å². The highest BCUT2D eigenvalue weighted by Gasteiger charge is 2.20. The number of carbonyl (C=O) groups is 1. The molecule has 0 amide bonds. The number of nitrogens with zero attached hydrogens (tertiary/aromatic N) is 6. The van der Waals surface area contributed by atoms with Gasteiger partial charge in [-0.25, -0.2) is 14.5 Å². The van der Waals surface area contributed by atoms with Crippen LogP contribution in [0, 0.1) is 0 Å². The van der Waals surface area contributed by atoms with E-state index in [1.54, 1.807) is 20.2 Å². The zero-order valence-electron chi connectivity index (χ0n) is 19.6. The standard InChI is InChI=1S/C26H24N6O3/c1-4-35-25(33)21-14-27-31(16-21)26-29-22-15-28-32(23(22)24(30-26)34-3)17(2)18-10-12-20(13-11-18)19-8-6-5-7-9-19/h5-17H,4H2,1-3H3/t17-/m1/s1. The van der Waals surface area contributed by atoms with Crippen LogP contribution in [0.5, 0.6) is 5.88 Å². The number of carbonyl (C=O) groups excluding carboxylic acids is 1. The Kier molecular flexibility index (Phi) is 5.97. The van der Waals surface area contributed by atoms with E-state index >= 15 is 0 Å². The Morgan fingerprint density at radius 2 is 1.71 bits per heavy atom. The van der Waals surface area contributed by atoms with Crippen molar-refractivity contribution in [1.29, 1.82) is 0 Å². The van der Waals surface area contributed by atoms with Crippen LogP contribution >= 0.6 is 0 Å². The Morgan fingerprint density at radius 1 is 0.971 bits per heavy atom. The molecule has 5 rings (SSSR count). The second kappa shape index (κ2) is 9.38. The molecule has 176 valence electrons. The molecule has 0 N–H and O–H groups in total. The summed E-state index contributed by atoms with van der Waals surface area (Å²) in [5.41, 5.74) is 5.01. The van der Waals surface area contributed by atoms with Crippen molar-refractivity contribution < 1.29 is 14.3 Å². The summed E-state index contributed by atoms with van der Waals surface area (Å²) in [5, 5.41) is 8.79. The monoisotopic (exact) mass is 468 g/mol. The third-order valence-electron chi connectivity index (χ3n) is 5.76. The molecule has 35 heavy (non-hydrogen) atoms. The van der Waals surface area contributed by atoms with E-state index in [0.717, 1.165) is 11.1 Å². The molecular weight excluding hydrogens is 444 g/mol. The first-order chi connectivity index (χ1) is 17.1. The van der Waals surface area contributed by atoms with Gasteiger partial charge in [0.2, 0.25) is 5.88 Å². The largest absolute Gasteiger partial charge is 0.479 e. The van der Waals surface area contributed by atoms with Crippen LogP contribution in [0.25, 0.3) is 28.1 Å². The average molecular weight is 469 g/mol. The molecule has 0 bridgehead atoms. The summed E-state index contributed by atoms with van der Waals surface area (Å²) < 4.78 is 13.9. The van der Waals surface area contributed by atoms with Gasteiger partial charge in [0.1, 0.15) is 11.0 Å². The molecule has 0 saturated heterocycles. The fourth-order valence-corrected chi connectivity index (χ4v) is 3.94. The third kappa shape index (κ3) is 4.23. The van der Waals surface area contributed by atoms with Crippen LogP contribution in [0.3, 0.4) is 0 Å². The molecule has 0 aliphatic heterocycles. The highest BCUT2D eigenvalue weighted by atomic mass is 16.5. The van der Waals surface area contributed by atoms with Crippen molar-refractivity contribution in [2.24, 2.45) is 0 Å². The summed E-state index contributed by atoms with van der Waals surface area (Å²) in [7, 11) is 1.55. The van der Waals surface area contributed by atoms with Crippen LogP contribution in [0.2, 0.25) is 0 Å². The van der Waals surface area contributed by atoms with Gasteiger partial charge < -0.3 is 9.47 Å². The summed E-state index contributed by atoms with van der Waals surface area (Å²) >= 11 is 0. The van der Waals surface area contributed by atoms with Gasteiger partial charge in [-0.05, 0) is 30.5 Å². The molecule has 0 aliphatic carbocycles. The molecule has 9 nitrogen and oxygen atoms in total. The number of hydrogen-bond acceptors (Lipinski definition) is 7. The molecule has 3 aromatic heterocycles. The van der Waals surface area contributed by atoms with E-state index in [1.807, 2.05) is 22.9 Å². The second-order valence-electron chi connectivity index (χ2n) is 7.91. The predicted octanol–water partition coefficient (Wildman–Crippen LogP) is 4.47. The third-order valence-corrected chi connectivity index (χ3v) is 5.76. The van der Waals surface area contributed by atoms with E-state index in [-0.39, 0.29) is 18.6 Å². The number of aromatic nitrogens is 6. The Morgan fingerprint density at radius 3 is 2.43 bits per heavy atom. The van der Waals surface area contributed by atoms with Gasteiger partial charge in [0.05, 0.1) is 37.7 Å². The minimum Gasteiger partial charge on any atom is -0.479 e. The zero-order chi connectivity index (χ0) is 24.4.